The van der Waals surface area contributed by atoms with E-state index in [1.807, 2.05) is 25.1 Å². The molecule has 4 rings (SSSR count). The van der Waals surface area contributed by atoms with E-state index in [-0.39, 0.29) is 0 Å². The summed E-state index contributed by atoms with van der Waals surface area (Å²) in [5.74, 6) is 0.751. The van der Waals surface area contributed by atoms with Crippen molar-refractivity contribution in [3.63, 3.8) is 0 Å². The fourth-order valence-corrected chi connectivity index (χ4v) is 3.49. The number of thiophene rings is 1. The second-order valence-corrected chi connectivity index (χ2v) is 6.13. The largest absolute Gasteiger partial charge is 0.250 e. The third-order valence-corrected chi connectivity index (χ3v) is 4.53. The number of nitrogens with zero attached hydrogens (tertiary/aromatic N) is 3. The van der Waals surface area contributed by atoms with Crippen LogP contribution in [0.5, 0.6) is 0 Å². The van der Waals surface area contributed by atoms with E-state index < -0.39 is 0 Å². The van der Waals surface area contributed by atoms with Crippen molar-refractivity contribution in [1.82, 2.24) is 15.0 Å². The Bertz CT molecular complexity index is 794. The third-order valence-electron chi connectivity index (χ3n) is 3.85. The van der Waals surface area contributed by atoms with Gasteiger partial charge in [-0.3, -0.25) is 0 Å². The molecule has 0 bridgehead atoms. The van der Waals surface area contributed by atoms with Crippen molar-refractivity contribution in [2.24, 2.45) is 0 Å². The highest BCUT2D eigenvalue weighted by Gasteiger charge is 2.21. The molecule has 0 amide bonds. The first kappa shape index (κ1) is 12.7. The number of aromatic nitrogens is 3. The summed E-state index contributed by atoms with van der Waals surface area (Å²) in [7, 11) is 0. The Balaban J connectivity index is 1.92. The topological polar surface area (TPSA) is 38.7 Å². The minimum atomic E-state index is 0.751. The molecule has 1 aliphatic carbocycles. The standard InChI is InChI=1S/C17H15N3S/c1-11-4-2-7-15(18-11)17-19-14-6-3-5-13(14)16(20-17)12-8-9-21-10-12/h2,4,7-10H,3,5-6H2,1H3. The molecule has 21 heavy (non-hydrogen) atoms. The molecule has 0 aliphatic heterocycles. The summed E-state index contributed by atoms with van der Waals surface area (Å²) in [6.45, 7) is 2.00. The van der Waals surface area contributed by atoms with Crippen LogP contribution < -0.4 is 0 Å². The van der Waals surface area contributed by atoms with Gasteiger partial charge in [-0.15, -0.1) is 0 Å². The lowest BCUT2D eigenvalue weighted by Gasteiger charge is -2.09. The molecule has 0 spiro atoms. The van der Waals surface area contributed by atoms with Gasteiger partial charge >= 0.3 is 0 Å². The minimum Gasteiger partial charge on any atom is -0.250 e. The van der Waals surface area contributed by atoms with E-state index >= 15 is 0 Å². The number of fused-ring (bicyclic) bond motifs is 1. The van der Waals surface area contributed by atoms with Crippen LogP contribution in [0, 0.1) is 6.92 Å². The van der Waals surface area contributed by atoms with Gasteiger partial charge in [-0.2, -0.15) is 11.3 Å². The van der Waals surface area contributed by atoms with Crippen molar-refractivity contribution >= 4 is 11.3 Å². The Morgan fingerprint density at radius 1 is 1.05 bits per heavy atom. The Kier molecular flexibility index (Phi) is 3.04. The first-order valence-electron chi connectivity index (χ1n) is 7.17. The first-order chi connectivity index (χ1) is 10.3. The van der Waals surface area contributed by atoms with Gasteiger partial charge in [0.15, 0.2) is 5.82 Å². The van der Waals surface area contributed by atoms with Crippen LogP contribution in [0.1, 0.15) is 23.4 Å². The van der Waals surface area contributed by atoms with Crippen LogP contribution in [-0.4, -0.2) is 15.0 Å². The molecule has 0 saturated heterocycles. The average Bonchev–Trinajstić information content (AvgIpc) is 3.17. The molecule has 0 saturated carbocycles. The molecule has 3 heterocycles. The number of hydrogen-bond acceptors (Lipinski definition) is 4. The molecule has 0 radical (unpaired) electrons. The quantitative estimate of drug-likeness (QED) is 0.715. The molecule has 1 aliphatic rings. The van der Waals surface area contributed by atoms with Crippen molar-refractivity contribution in [3.05, 3.63) is 52.0 Å². The third kappa shape index (κ3) is 2.25. The van der Waals surface area contributed by atoms with Gasteiger partial charge in [0, 0.05) is 27.9 Å². The highest BCUT2D eigenvalue weighted by Crippen LogP contribution is 2.32. The van der Waals surface area contributed by atoms with Crippen LogP contribution >= 0.6 is 11.3 Å². The molecule has 104 valence electrons. The van der Waals surface area contributed by atoms with Crippen molar-refractivity contribution in [2.45, 2.75) is 26.2 Å². The number of aryl methyl sites for hydroxylation is 2. The predicted molar refractivity (Wildman–Crippen MR) is 85.3 cm³/mol. The lowest BCUT2D eigenvalue weighted by Crippen LogP contribution is -2.01. The van der Waals surface area contributed by atoms with E-state index in [9.17, 15) is 0 Å². The predicted octanol–water partition coefficient (Wildman–Crippen LogP) is 4.06. The number of pyridine rings is 1. The molecule has 0 unspecified atom stereocenters. The zero-order chi connectivity index (χ0) is 14.2. The van der Waals surface area contributed by atoms with Gasteiger partial charge in [-0.05, 0) is 49.8 Å². The fourth-order valence-electron chi connectivity index (χ4n) is 2.85. The summed E-state index contributed by atoms with van der Waals surface area (Å²) >= 11 is 1.71. The normalized spacial score (nSPS) is 13.4. The lowest BCUT2D eigenvalue weighted by atomic mass is 10.1. The van der Waals surface area contributed by atoms with Crippen LogP contribution in [0.15, 0.2) is 35.0 Å². The van der Waals surface area contributed by atoms with E-state index in [0.717, 1.165) is 35.7 Å². The zero-order valence-electron chi connectivity index (χ0n) is 11.8. The van der Waals surface area contributed by atoms with Gasteiger partial charge in [0.05, 0.1) is 5.69 Å². The average molecular weight is 293 g/mol. The maximum atomic E-state index is 4.83. The second-order valence-electron chi connectivity index (χ2n) is 5.35. The fraction of sp³-hybridized carbons (Fsp3) is 0.235. The van der Waals surface area contributed by atoms with E-state index in [4.69, 9.17) is 9.97 Å². The molecule has 3 nitrogen and oxygen atoms in total. The van der Waals surface area contributed by atoms with E-state index in [1.165, 1.54) is 23.2 Å². The maximum Gasteiger partial charge on any atom is 0.178 e. The van der Waals surface area contributed by atoms with Gasteiger partial charge in [0.1, 0.15) is 5.69 Å². The highest BCUT2D eigenvalue weighted by atomic mass is 32.1. The molecule has 0 atom stereocenters. The Morgan fingerprint density at radius 3 is 2.81 bits per heavy atom. The first-order valence-corrected chi connectivity index (χ1v) is 8.12. The van der Waals surface area contributed by atoms with Gasteiger partial charge < -0.3 is 0 Å². The summed E-state index contributed by atoms with van der Waals surface area (Å²) in [5.41, 5.74) is 6.68. The Morgan fingerprint density at radius 2 is 2.00 bits per heavy atom. The number of rotatable bonds is 2. The summed E-state index contributed by atoms with van der Waals surface area (Å²) in [5, 5.41) is 4.26. The molecular weight excluding hydrogens is 278 g/mol. The highest BCUT2D eigenvalue weighted by molar-refractivity contribution is 7.08. The van der Waals surface area contributed by atoms with Crippen molar-refractivity contribution in [1.29, 1.82) is 0 Å². The van der Waals surface area contributed by atoms with Crippen LogP contribution in [0.4, 0.5) is 0 Å². The van der Waals surface area contributed by atoms with Crippen molar-refractivity contribution in [3.8, 4) is 22.8 Å². The van der Waals surface area contributed by atoms with E-state index in [0.29, 0.717) is 0 Å². The van der Waals surface area contributed by atoms with Crippen LogP contribution in [0.2, 0.25) is 0 Å². The monoisotopic (exact) mass is 293 g/mol. The van der Waals surface area contributed by atoms with Crippen LogP contribution in [-0.2, 0) is 12.8 Å². The van der Waals surface area contributed by atoms with Gasteiger partial charge in [-0.1, -0.05) is 6.07 Å². The van der Waals surface area contributed by atoms with Gasteiger partial charge in [0.25, 0.3) is 0 Å². The molecule has 3 aromatic heterocycles. The van der Waals surface area contributed by atoms with Crippen molar-refractivity contribution in [2.75, 3.05) is 0 Å². The van der Waals surface area contributed by atoms with Gasteiger partial charge in [0.2, 0.25) is 0 Å². The molecule has 0 fully saturated rings. The van der Waals surface area contributed by atoms with Crippen LogP contribution in [0.25, 0.3) is 22.8 Å². The second kappa shape index (κ2) is 5.04. The van der Waals surface area contributed by atoms with E-state index in [1.54, 1.807) is 11.3 Å². The van der Waals surface area contributed by atoms with Gasteiger partial charge in [-0.25, -0.2) is 15.0 Å². The van der Waals surface area contributed by atoms with E-state index in [2.05, 4.69) is 21.8 Å². The smallest absolute Gasteiger partial charge is 0.178 e. The molecule has 0 N–H and O–H groups in total. The minimum absolute atomic E-state index is 0.751. The van der Waals surface area contributed by atoms with Crippen LogP contribution in [0.3, 0.4) is 0 Å². The molecule has 3 aromatic rings. The summed E-state index contributed by atoms with van der Waals surface area (Å²) in [4.78, 5) is 14.2. The summed E-state index contributed by atoms with van der Waals surface area (Å²) in [6.07, 6.45) is 3.31. The maximum absolute atomic E-state index is 4.83. The molecule has 4 heteroatoms. The Labute approximate surface area is 127 Å². The zero-order valence-corrected chi connectivity index (χ0v) is 12.7. The Hall–Kier alpha value is -2.07. The van der Waals surface area contributed by atoms with Crippen molar-refractivity contribution < 1.29 is 0 Å². The number of hydrogen-bond donors (Lipinski definition) is 0. The molecule has 0 aromatic carbocycles. The summed E-state index contributed by atoms with van der Waals surface area (Å²) < 4.78 is 0. The summed E-state index contributed by atoms with van der Waals surface area (Å²) in [6, 6.07) is 8.13. The SMILES string of the molecule is Cc1cccc(-c2nc3c(c(-c4ccsc4)n2)CCC3)n1. The lowest BCUT2D eigenvalue weighted by molar-refractivity contribution is 0.899. The molecular formula is C17H15N3S.